The number of hydrogen-bond acceptors (Lipinski definition) is 5. The standard InChI is InChI=1S/C6H10O4S/c1-8-5(7)3-10-4-6(11)9-2/h3-4H2,1-2H3. The second-order valence-electron chi connectivity index (χ2n) is 1.65. The molecule has 0 aromatic rings. The van der Waals surface area contributed by atoms with E-state index in [0.29, 0.717) is 5.05 Å². The molecule has 0 aliphatic rings. The van der Waals surface area contributed by atoms with Gasteiger partial charge in [0.1, 0.15) is 13.2 Å². The summed E-state index contributed by atoms with van der Waals surface area (Å²) in [6.07, 6.45) is 0. The zero-order chi connectivity index (χ0) is 8.69. The first-order valence-corrected chi connectivity index (χ1v) is 3.33. The molecule has 0 atom stereocenters. The molecule has 0 saturated heterocycles. The minimum absolute atomic E-state index is 0.0972. The molecule has 0 aliphatic carbocycles. The van der Waals surface area contributed by atoms with Crippen LogP contribution in [0.1, 0.15) is 0 Å². The lowest BCUT2D eigenvalue weighted by molar-refractivity contribution is -0.145. The van der Waals surface area contributed by atoms with Crippen molar-refractivity contribution in [2.24, 2.45) is 0 Å². The Labute approximate surface area is 70.4 Å². The van der Waals surface area contributed by atoms with Gasteiger partial charge in [0.05, 0.1) is 14.2 Å². The minimum Gasteiger partial charge on any atom is -0.488 e. The van der Waals surface area contributed by atoms with Crippen LogP contribution in [0.3, 0.4) is 0 Å². The van der Waals surface area contributed by atoms with E-state index in [9.17, 15) is 4.79 Å². The summed E-state index contributed by atoms with van der Waals surface area (Å²) >= 11 is 4.64. The van der Waals surface area contributed by atoms with Gasteiger partial charge in [0, 0.05) is 0 Å². The number of thiocarbonyl (C=S) groups is 1. The molecule has 11 heavy (non-hydrogen) atoms. The van der Waals surface area contributed by atoms with Gasteiger partial charge in [-0.05, 0) is 12.2 Å². The van der Waals surface area contributed by atoms with E-state index >= 15 is 0 Å². The summed E-state index contributed by atoms with van der Waals surface area (Å²) in [6.45, 7) is 0.0426. The summed E-state index contributed by atoms with van der Waals surface area (Å²) in [4.78, 5) is 10.5. The van der Waals surface area contributed by atoms with Gasteiger partial charge in [0.15, 0.2) is 5.05 Å². The lowest BCUT2D eigenvalue weighted by Gasteiger charge is -2.02. The van der Waals surface area contributed by atoms with Crippen LogP contribution in [-0.2, 0) is 19.0 Å². The maximum atomic E-state index is 10.5. The smallest absolute Gasteiger partial charge is 0.331 e. The van der Waals surface area contributed by atoms with Crippen molar-refractivity contribution >= 4 is 23.2 Å². The largest absolute Gasteiger partial charge is 0.488 e. The second kappa shape index (κ2) is 6.06. The molecule has 5 heteroatoms. The fourth-order valence-corrected chi connectivity index (χ4v) is 0.419. The predicted molar refractivity (Wildman–Crippen MR) is 42.4 cm³/mol. The van der Waals surface area contributed by atoms with Crippen molar-refractivity contribution in [2.45, 2.75) is 0 Å². The monoisotopic (exact) mass is 178 g/mol. The van der Waals surface area contributed by atoms with E-state index in [1.54, 1.807) is 0 Å². The number of hydrogen-bond donors (Lipinski definition) is 0. The first kappa shape index (κ1) is 10.3. The summed E-state index contributed by atoms with van der Waals surface area (Å²) < 4.78 is 13.7. The second-order valence-corrected chi connectivity index (χ2v) is 2.10. The van der Waals surface area contributed by atoms with Crippen LogP contribution in [0.2, 0.25) is 0 Å². The first-order valence-electron chi connectivity index (χ1n) is 2.92. The molecule has 0 fully saturated rings. The molecular weight excluding hydrogens is 168 g/mol. The highest BCUT2D eigenvalue weighted by Crippen LogP contribution is 1.83. The molecule has 0 unspecified atom stereocenters. The van der Waals surface area contributed by atoms with Gasteiger partial charge in [-0.2, -0.15) is 0 Å². The Morgan fingerprint density at radius 2 is 1.91 bits per heavy atom. The molecule has 0 aliphatic heterocycles. The zero-order valence-corrected chi connectivity index (χ0v) is 7.27. The van der Waals surface area contributed by atoms with Crippen molar-refractivity contribution in [3.63, 3.8) is 0 Å². The van der Waals surface area contributed by atoms with Crippen molar-refractivity contribution in [3.05, 3.63) is 0 Å². The number of rotatable bonds is 4. The molecule has 0 spiro atoms. The van der Waals surface area contributed by atoms with Crippen LogP contribution in [-0.4, -0.2) is 38.5 Å². The first-order chi connectivity index (χ1) is 5.20. The SMILES string of the molecule is COC(=O)COCC(=S)OC. The van der Waals surface area contributed by atoms with Crippen molar-refractivity contribution in [3.8, 4) is 0 Å². The lowest BCUT2D eigenvalue weighted by Crippen LogP contribution is -2.15. The minimum atomic E-state index is -0.427. The molecular formula is C6H10O4S. The Bertz CT molecular complexity index is 130. The average Bonchev–Trinajstić information content (AvgIpc) is 2.04. The molecule has 0 heterocycles. The van der Waals surface area contributed by atoms with Crippen LogP contribution in [0.4, 0.5) is 0 Å². The highest BCUT2D eigenvalue weighted by molar-refractivity contribution is 7.80. The zero-order valence-electron chi connectivity index (χ0n) is 6.46. The Kier molecular flexibility index (Phi) is 5.68. The van der Waals surface area contributed by atoms with Crippen molar-refractivity contribution in [1.29, 1.82) is 0 Å². The maximum absolute atomic E-state index is 10.5. The molecule has 0 saturated carbocycles. The number of carbonyl (C=O) groups is 1. The van der Waals surface area contributed by atoms with Crippen molar-refractivity contribution in [2.75, 3.05) is 27.4 Å². The van der Waals surface area contributed by atoms with E-state index in [4.69, 9.17) is 4.74 Å². The van der Waals surface area contributed by atoms with E-state index in [1.165, 1.54) is 14.2 Å². The third kappa shape index (κ3) is 5.75. The quantitative estimate of drug-likeness (QED) is 0.453. The van der Waals surface area contributed by atoms with Crippen LogP contribution in [0.25, 0.3) is 0 Å². The summed E-state index contributed by atoms with van der Waals surface area (Å²) in [6, 6.07) is 0. The van der Waals surface area contributed by atoms with Gasteiger partial charge in [-0.1, -0.05) is 0 Å². The van der Waals surface area contributed by atoms with E-state index in [-0.39, 0.29) is 13.2 Å². The lowest BCUT2D eigenvalue weighted by atomic mass is 10.7. The molecule has 0 N–H and O–H groups in total. The Morgan fingerprint density at radius 1 is 1.27 bits per heavy atom. The number of methoxy groups -OCH3 is 2. The van der Waals surface area contributed by atoms with Gasteiger partial charge in [-0.15, -0.1) is 0 Å². The van der Waals surface area contributed by atoms with Gasteiger partial charge in [-0.3, -0.25) is 0 Å². The predicted octanol–water partition coefficient (Wildman–Crippen LogP) is 0.150. The average molecular weight is 178 g/mol. The van der Waals surface area contributed by atoms with E-state index in [2.05, 4.69) is 21.7 Å². The van der Waals surface area contributed by atoms with Crippen LogP contribution < -0.4 is 0 Å². The van der Waals surface area contributed by atoms with Gasteiger partial charge in [-0.25, -0.2) is 4.79 Å². The molecule has 0 rings (SSSR count). The van der Waals surface area contributed by atoms with Gasteiger partial charge >= 0.3 is 5.97 Å². The van der Waals surface area contributed by atoms with Crippen LogP contribution >= 0.6 is 12.2 Å². The maximum Gasteiger partial charge on any atom is 0.331 e. The summed E-state index contributed by atoms with van der Waals surface area (Å²) in [5, 5.41) is 0.314. The van der Waals surface area contributed by atoms with E-state index < -0.39 is 5.97 Å². The fraction of sp³-hybridized carbons (Fsp3) is 0.667. The molecule has 0 radical (unpaired) electrons. The molecule has 64 valence electrons. The summed E-state index contributed by atoms with van der Waals surface area (Å²) in [5.41, 5.74) is 0. The molecule has 0 aromatic heterocycles. The summed E-state index contributed by atoms with van der Waals surface area (Å²) in [7, 11) is 2.74. The molecule has 4 nitrogen and oxygen atoms in total. The van der Waals surface area contributed by atoms with Crippen LogP contribution in [0, 0.1) is 0 Å². The molecule has 0 aromatic carbocycles. The fourth-order valence-electron chi connectivity index (χ4n) is 0.336. The topological polar surface area (TPSA) is 44.8 Å². The summed E-state index contributed by atoms with van der Waals surface area (Å²) in [5.74, 6) is -0.427. The van der Waals surface area contributed by atoms with E-state index in [0.717, 1.165) is 0 Å². The third-order valence-corrected chi connectivity index (χ3v) is 1.18. The van der Waals surface area contributed by atoms with Crippen LogP contribution in [0.15, 0.2) is 0 Å². The number of esters is 1. The van der Waals surface area contributed by atoms with Crippen molar-refractivity contribution in [1.82, 2.24) is 0 Å². The molecule has 0 amide bonds. The van der Waals surface area contributed by atoms with Gasteiger partial charge in [0.2, 0.25) is 0 Å². The van der Waals surface area contributed by atoms with Crippen molar-refractivity contribution < 1.29 is 19.0 Å². The molecule has 0 bridgehead atoms. The normalized spacial score (nSPS) is 8.91. The Balaban J connectivity index is 3.27. The van der Waals surface area contributed by atoms with Gasteiger partial charge in [0.25, 0.3) is 0 Å². The highest BCUT2D eigenvalue weighted by atomic mass is 32.1. The Morgan fingerprint density at radius 3 is 2.36 bits per heavy atom. The van der Waals surface area contributed by atoms with Gasteiger partial charge < -0.3 is 14.2 Å². The highest BCUT2D eigenvalue weighted by Gasteiger charge is 2.00. The number of ether oxygens (including phenoxy) is 3. The third-order valence-electron chi connectivity index (χ3n) is 0.895. The van der Waals surface area contributed by atoms with Crippen LogP contribution in [0.5, 0.6) is 0 Å². The van der Waals surface area contributed by atoms with E-state index in [1.807, 2.05) is 0 Å². The number of carbonyl (C=O) groups excluding carboxylic acids is 1. The Hall–Kier alpha value is -0.680.